The van der Waals surface area contributed by atoms with E-state index < -0.39 is 30.1 Å². The molecule has 178 valence electrons. The summed E-state index contributed by atoms with van der Waals surface area (Å²) in [5, 5.41) is 10.2. The van der Waals surface area contributed by atoms with E-state index in [4.69, 9.17) is 14.3 Å². The number of hydrogen-bond donors (Lipinski definition) is 2. The molecule has 0 spiro atoms. The van der Waals surface area contributed by atoms with Crippen LogP contribution in [0.15, 0.2) is 22.5 Å². The second-order valence-electron chi connectivity index (χ2n) is 7.80. The minimum atomic E-state index is -0.778. The number of methoxy groups -OCH3 is 1. The van der Waals surface area contributed by atoms with E-state index in [1.165, 1.54) is 29.2 Å². The van der Waals surface area contributed by atoms with Crippen LogP contribution in [0.1, 0.15) is 26.5 Å². The van der Waals surface area contributed by atoms with Gasteiger partial charge in [0.2, 0.25) is 13.0 Å². The van der Waals surface area contributed by atoms with Gasteiger partial charge < -0.3 is 24.9 Å². The maximum absolute atomic E-state index is 13.0. The molecule has 2 N–H and O–H groups in total. The molecule has 0 bridgehead atoms. The first-order chi connectivity index (χ1) is 15.6. The minimum absolute atomic E-state index is 0.104. The molecule has 1 unspecified atom stereocenters. The molecule has 0 aliphatic carbocycles. The average Bonchev–Trinajstić information content (AvgIpc) is 3.21. The molecule has 0 saturated carbocycles. The molecule has 12 nitrogen and oxygen atoms in total. The van der Waals surface area contributed by atoms with Gasteiger partial charge in [-0.1, -0.05) is 5.16 Å². The molecule has 0 aromatic carbocycles. The van der Waals surface area contributed by atoms with Crippen molar-refractivity contribution in [3.05, 3.63) is 23.0 Å². The van der Waals surface area contributed by atoms with Gasteiger partial charge in [-0.3, -0.25) is 19.3 Å². The quantitative estimate of drug-likeness (QED) is 0.165. The van der Waals surface area contributed by atoms with Crippen LogP contribution in [0.4, 0.5) is 5.13 Å². The van der Waals surface area contributed by atoms with Crippen molar-refractivity contribution < 1.29 is 33.5 Å². The Kier molecular flexibility index (Phi) is 7.58. The van der Waals surface area contributed by atoms with Crippen molar-refractivity contribution in [2.45, 2.75) is 37.8 Å². The summed E-state index contributed by atoms with van der Waals surface area (Å²) >= 11 is 2.51. The number of carbonyl (C=O) groups is 4. The molecule has 1 saturated heterocycles. The average molecular weight is 498 g/mol. The fraction of sp³-hybridized carbons (Fsp3) is 0.474. The lowest BCUT2D eigenvalue weighted by Crippen LogP contribution is -2.69. The van der Waals surface area contributed by atoms with Gasteiger partial charge in [-0.15, -0.1) is 23.1 Å². The van der Waals surface area contributed by atoms with Crippen LogP contribution in [0.3, 0.4) is 0 Å². The number of thiazole rings is 1. The summed E-state index contributed by atoms with van der Waals surface area (Å²) in [5.41, 5.74) is -0.860. The van der Waals surface area contributed by atoms with Gasteiger partial charge in [0.1, 0.15) is 28.5 Å². The zero-order valence-corrected chi connectivity index (χ0v) is 19.9. The number of fused-ring (bicyclic) bond motifs is 1. The maximum atomic E-state index is 13.0. The van der Waals surface area contributed by atoms with Gasteiger partial charge in [-0.25, -0.2) is 9.78 Å². The van der Waals surface area contributed by atoms with Gasteiger partial charge in [-0.2, -0.15) is 0 Å². The Hall–Kier alpha value is -3.13. The van der Waals surface area contributed by atoms with Crippen LogP contribution in [-0.2, 0) is 33.5 Å². The summed E-state index contributed by atoms with van der Waals surface area (Å²) in [6.45, 7) is 4.58. The lowest BCUT2D eigenvalue weighted by molar-refractivity contribution is -0.160. The van der Waals surface area contributed by atoms with Crippen LogP contribution in [0.5, 0.6) is 0 Å². The number of aromatic nitrogens is 1. The third-order valence-corrected chi connectivity index (χ3v) is 6.28. The van der Waals surface area contributed by atoms with E-state index in [0.717, 1.165) is 11.3 Å². The van der Waals surface area contributed by atoms with Crippen molar-refractivity contribution in [1.29, 1.82) is 0 Å². The Bertz CT molecular complexity index is 1000. The smallest absolute Gasteiger partial charge is 0.347 e. The zero-order chi connectivity index (χ0) is 24.2. The summed E-state index contributed by atoms with van der Waals surface area (Å²) in [7, 11) is 1.53. The Labute approximate surface area is 197 Å². The number of nitrogens with one attached hydrogen (secondary N) is 2. The molecule has 3 rings (SSSR count). The van der Waals surface area contributed by atoms with Crippen molar-refractivity contribution in [1.82, 2.24) is 15.2 Å². The van der Waals surface area contributed by atoms with Gasteiger partial charge in [0.05, 0.1) is 12.9 Å². The highest BCUT2D eigenvalue weighted by Gasteiger charge is 2.50. The van der Waals surface area contributed by atoms with E-state index in [1.54, 1.807) is 27.0 Å². The van der Waals surface area contributed by atoms with E-state index in [9.17, 15) is 19.2 Å². The van der Waals surface area contributed by atoms with Gasteiger partial charge >= 0.3 is 5.97 Å². The maximum Gasteiger partial charge on any atom is 0.347 e. The normalized spacial score (nSPS) is 20.1. The molecule has 1 aromatic heterocycles. The third kappa shape index (κ3) is 6.01. The number of rotatable bonds is 9. The summed E-state index contributed by atoms with van der Waals surface area (Å²) in [5.74, 6) is -0.473. The highest BCUT2D eigenvalue weighted by atomic mass is 32.2. The standard InChI is InChI=1S/C19H23N5O7S2/c1-19(2,3)31-12(26)6-30-23-13(11-8-33-18(21-11)20-9-25)15(27)22-14-16(28)24-5-10(29-4)7-32-17(14)24/h5,8-9,14,17H,6-7H2,1-4H3,(H,22,27)(H,20,21,25)/b23-13-/t14?,17-/m1/s1. The van der Waals surface area contributed by atoms with Gasteiger partial charge in [0.25, 0.3) is 11.8 Å². The van der Waals surface area contributed by atoms with Gasteiger partial charge in [0.15, 0.2) is 10.8 Å². The molecule has 3 amide bonds. The fourth-order valence-electron chi connectivity index (χ4n) is 2.84. The van der Waals surface area contributed by atoms with Crippen molar-refractivity contribution in [3.63, 3.8) is 0 Å². The second-order valence-corrected chi connectivity index (χ2v) is 9.76. The molecule has 3 heterocycles. The highest BCUT2D eigenvalue weighted by Crippen LogP contribution is 2.36. The van der Waals surface area contributed by atoms with Gasteiger partial charge in [-0.05, 0) is 20.8 Å². The fourth-order valence-corrected chi connectivity index (χ4v) is 4.72. The van der Waals surface area contributed by atoms with Crippen molar-refractivity contribution in [3.8, 4) is 0 Å². The summed E-state index contributed by atoms with van der Waals surface area (Å²) in [6.07, 6.45) is 2.06. The number of hydrogen-bond acceptors (Lipinski definition) is 11. The van der Waals surface area contributed by atoms with E-state index in [2.05, 4.69) is 20.8 Å². The first-order valence-corrected chi connectivity index (χ1v) is 11.6. The Balaban J connectivity index is 1.72. The third-order valence-electron chi connectivity index (χ3n) is 4.21. The van der Waals surface area contributed by atoms with Crippen LogP contribution in [0, 0.1) is 0 Å². The molecular weight excluding hydrogens is 474 g/mol. The largest absolute Gasteiger partial charge is 0.499 e. The number of anilines is 1. The lowest BCUT2D eigenvalue weighted by Gasteiger charge is -2.46. The van der Waals surface area contributed by atoms with Crippen LogP contribution in [-0.4, -0.2) is 76.3 Å². The first kappa shape index (κ1) is 24.5. The Morgan fingerprint density at radius 3 is 2.82 bits per heavy atom. The number of esters is 1. The number of nitrogens with zero attached hydrogens (tertiary/aromatic N) is 3. The monoisotopic (exact) mass is 497 g/mol. The van der Waals surface area contributed by atoms with E-state index in [1.807, 2.05) is 0 Å². The SMILES string of the molecule is COC1=CN2C(=O)C(NC(=O)/C(=N\OCC(=O)OC(C)(C)C)c3csc(NC=O)n3)[C@H]2SC1. The van der Waals surface area contributed by atoms with Gasteiger partial charge in [0, 0.05) is 11.6 Å². The number of carbonyl (C=O) groups excluding carboxylic acids is 4. The van der Waals surface area contributed by atoms with Crippen molar-refractivity contribution >= 4 is 58.1 Å². The molecule has 14 heteroatoms. The van der Waals surface area contributed by atoms with Crippen LogP contribution in [0.25, 0.3) is 0 Å². The number of thioether (sulfide) groups is 1. The topological polar surface area (TPSA) is 149 Å². The van der Waals surface area contributed by atoms with E-state index in [0.29, 0.717) is 17.9 Å². The molecule has 2 atom stereocenters. The molecule has 2 aliphatic heterocycles. The molecule has 0 radical (unpaired) electrons. The number of oxime groups is 1. The molecule has 33 heavy (non-hydrogen) atoms. The number of β-lactam (4-membered cyclic amide) rings is 1. The predicted molar refractivity (Wildman–Crippen MR) is 120 cm³/mol. The van der Waals surface area contributed by atoms with E-state index >= 15 is 0 Å². The predicted octanol–water partition coefficient (Wildman–Crippen LogP) is 0.661. The molecule has 1 fully saturated rings. The molecular formula is C19H23N5O7S2. The van der Waals surface area contributed by atoms with Crippen LogP contribution in [0.2, 0.25) is 0 Å². The Morgan fingerprint density at radius 1 is 1.39 bits per heavy atom. The van der Waals surface area contributed by atoms with Crippen LogP contribution < -0.4 is 10.6 Å². The molecule has 1 aromatic rings. The Morgan fingerprint density at radius 2 is 2.15 bits per heavy atom. The highest BCUT2D eigenvalue weighted by molar-refractivity contribution is 8.00. The summed E-state index contributed by atoms with van der Waals surface area (Å²) in [4.78, 5) is 58.6. The zero-order valence-electron chi connectivity index (χ0n) is 18.3. The van der Waals surface area contributed by atoms with Crippen LogP contribution >= 0.6 is 23.1 Å². The number of ether oxygens (including phenoxy) is 2. The van der Waals surface area contributed by atoms with Crippen molar-refractivity contribution in [2.24, 2.45) is 5.16 Å². The summed E-state index contributed by atoms with van der Waals surface area (Å²) in [6, 6.07) is -0.778. The summed E-state index contributed by atoms with van der Waals surface area (Å²) < 4.78 is 10.3. The van der Waals surface area contributed by atoms with Crippen molar-refractivity contribution in [2.75, 3.05) is 24.8 Å². The second kappa shape index (κ2) is 10.2. The minimum Gasteiger partial charge on any atom is -0.499 e. The number of amides is 3. The molecule has 2 aliphatic rings. The van der Waals surface area contributed by atoms with E-state index in [-0.39, 0.29) is 27.8 Å². The lowest BCUT2D eigenvalue weighted by atomic mass is 10.1. The first-order valence-electron chi connectivity index (χ1n) is 9.70.